The van der Waals surface area contributed by atoms with Gasteiger partial charge in [0.15, 0.2) is 0 Å². The molecule has 0 spiro atoms. The minimum atomic E-state index is -0.346. The minimum absolute atomic E-state index is 0.0146. The molecule has 4 heteroatoms. The highest BCUT2D eigenvalue weighted by Crippen LogP contribution is 2.17. The quantitative estimate of drug-likeness (QED) is 0.830. The summed E-state index contributed by atoms with van der Waals surface area (Å²) in [6, 6.07) is 6.21. The van der Waals surface area contributed by atoms with E-state index in [2.05, 4.69) is 0 Å². The number of aliphatic hydroxyl groups is 1. The van der Waals surface area contributed by atoms with Crippen LogP contribution in [0, 0.1) is 5.82 Å². The highest BCUT2D eigenvalue weighted by Gasteiger charge is 2.26. The molecule has 3 nitrogen and oxygen atoms in total. The lowest BCUT2D eigenvalue weighted by atomic mass is 10.2. The van der Waals surface area contributed by atoms with E-state index in [0.717, 1.165) is 12.8 Å². The van der Waals surface area contributed by atoms with Crippen LogP contribution in [-0.2, 0) is 4.79 Å². The summed E-state index contributed by atoms with van der Waals surface area (Å²) in [5, 5.41) is 9.14. The number of halogens is 1. The molecule has 1 heterocycles. The Morgan fingerprint density at radius 1 is 1.50 bits per heavy atom. The van der Waals surface area contributed by atoms with Gasteiger partial charge in [0.25, 0.3) is 0 Å². The van der Waals surface area contributed by atoms with Crippen molar-refractivity contribution in [3.8, 4) is 0 Å². The molecule has 0 saturated carbocycles. The SMILES string of the molecule is O=C(C=Cc1ccccc1F)N1CCC[C@H]1CO. The number of likely N-dealkylation sites (tertiary alicyclic amines) is 1. The molecule has 96 valence electrons. The molecule has 0 bridgehead atoms. The van der Waals surface area contributed by atoms with Gasteiger partial charge in [-0.15, -0.1) is 0 Å². The number of aliphatic hydroxyl groups excluding tert-OH is 1. The Bertz CT molecular complexity index is 459. The average Bonchev–Trinajstić information content (AvgIpc) is 2.86. The van der Waals surface area contributed by atoms with Crippen molar-refractivity contribution in [3.05, 3.63) is 41.7 Å². The number of rotatable bonds is 3. The van der Waals surface area contributed by atoms with Crippen LogP contribution in [0.1, 0.15) is 18.4 Å². The van der Waals surface area contributed by atoms with E-state index < -0.39 is 0 Å². The van der Waals surface area contributed by atoms with Crippen LogP contribution in [0.4, 0.5) is 4.39 Å². The number of carbonyl (C=O) groups excluding carboxylic acids is 1. The molecule has 1 aliphatic rings. The fraction of sp³-hybridized carbons (Fsp3) is 0.357. The van der Waals surface area contributed by atoms with Crippen LogP contribution in [0.15, 0.2) is 30.3 Å². The van der Waals surface area contributed by atoms with Gasteiger partial charge in [-0.3, -0.25) is 4.79 Å². The first kappa shape index (κ1) is 12.8. The number of amides is 1. The van der Waals surface area contributed by atoms with Crippen molar-refractivity contribution in [1.82, 2.24) is 4.90 Å². The van der Waals surface area contributed by atoms with Gasteiger partial charge in [0, 0.05) is 18.2 Å². The van der Waals surface area contributed by atoms with Crippen molar-refractivity contribution in [1.29, 1.82) is 0 Å². The minimum Gasteiger partial charge on any atom is -0.394 e. The molecular weight excluding hydrogens is 233 g/mol. The fourth-order valence-electron chi connectivity index (χ4n) is 2.18. The second-order valence-electron chi connectivity index (χ2n) is 4.37. The van der Waals surface area contributed by atoms with E-state index in [-0.39, 0.29) is 24.4 Å². The molecule has 1 aromatic carbocycles. The molecule has 0 aliphatic carbocycles. The third kappa shape index (κ3) is 2.76. The summed E-state index contributed by atoms with van der Waals surface area (Å²) < 4.78 is 13.3. The van der Waals surface area contributed by atoms with Crippen molar-refractivity contribution in [2.75, 3.05) is 13.2 Å². The van der Waals surface area contributed by atoms with Gasteiger partial charge in [0.05, 0.1) is 12.6 Å². The Labute approximate surface area is 106 Å². The van der Waals surface area contributed by atoms with E-state index >= 15 is 0 Å². The topological polar surface area (TPSA) is 40.5 Å². The van der Waals surface area contributed by atoms with Gasteiger partial charge in [-0.1, -0.05) is 18.2 Å². The third-order valence-corrected chi connectivity index (χ3v) is 3.18. The summed E-state index contributed by atoms with van der Waals surface area (Å²) in [5.74, 6) is -0.517. The lowest BCUT2D eigenvalue weighted by Gasteiger charge is -2.21. The molecule has 1 atom stereocenters. The van der Waals surface area contributed by atoms with E-state index in [1.165, 1.54) is 18.2 Å². The van der Waals surface area contributed by atoms with E-state index in [4.69, 9.17) is 5.11 Å². The normalized spacial score (nSPS) is 19.7. The number of nitrogens with zero attached hydrogens (tertiary/aromatic N) is 1. The predicted octanol–water partition coefficient (Wildman–Crippen LogP) is 1.82. The number of benzene rings is 1. The maximum atomic E-state index is 13.3. The maximum absolute atomic E-state index is 13.3. The molecule has 18 heavy (non-hydrogen) atoms. The Morgan fingerprint density at radius 2 is 2.28 bits per heavy atom. The molecule has 1 fully saturated rings. The zero-order valence-electron chi connectivity index (χ0n) is 10.1. The van der Waals surface area contributed by atoms with Crippen LogP contribution in [-0.4, -0.2) is 35.1 Å². The molecule has 0 radical (unpaired) electrons. The fourth-order valence-corrected chi connectivity index (χ4v) is 2.18. The zero-order valence-corrected chi connectivity index (χ0v) is 10.1. The summed E-state index contributed by atoms with van der Waals surface area (Å²) >= 11 is 0. The Kier molecular flexibility index (Phi) is 4.10. The second kappa shape index (κ2) is 5.78. The Morgan fingerprint density at radius 3 is 3.00 bits per heavy atom. The van der Waals surface area contributed by atoms with E-state index in [1.54, 1.807) is 23.1 Å². The van der Waals surface area contributed by atoms with Gasteiger partial charge >= 0.3 is 0 Å². The number of hydrogen-bond acceptors (Lipinski definition) is 2. The highest BCUT2D eigenvalue weighted by atomic mass is 19.1. The summed E-state index contributed by atoms with van der Waals surface area (Å²) in [6.45, 7) is 0.644. The average molecular weight is 249 g/mol. The first-order chi connectivity index (χ1) is 8.72. The first-order valence-corrected chi connectivity index (χ1v) is 6.06. The summed E-state index contributed by atoms with van der Waals surface area (Å²) in [5.41, 5.74) is 0.394. The van der Waals surface area contributed by atoms with E-state index in [0.29, 0.717) is 12.1 Å². The molecule has 0 aromatic heterocycles. The second-order valence-corrected chi connectivity index (χ2v) is 4.37. The van der Waals surface area contributed by atoms with Gasteiger partial charge in [0.1, 0.15) is 5.82 Å². The molecular formula is C14H16FNO2. The number of hydrogen-bond donors (Lipinski definition) is 1. The Hall–Kier alpha value is -1.68. The van der Waals surface area contributed by atoms with Crippen LogP contribution in [0.5, 0.6) is 0 Å². The first-order valence-electron chi connectivity index (χ1n) is 6.06. The predicted molar refractivity (Wildman–Crippen MR) is 67.3 cm³/mol. The summed E-state index contributed by atoms with van der Waals surface area (Å²) in [4.78, 5) is 13.5. The lowest BCUT2D eigenvalue weighted by molar-refractivity contribution is -0.127. The largest absolute Gasteiger partial charge is 0.394 e. The standard InChI is InChI=1S/C14H16FNO2/c15-13-6-2-1-4-11(13)7-8-14(18)16-9-3-5-12(16)10-17/h1-2,4,6-8,12,17H,3,5,9-10H2/t12-/m0/s1. The van der Waals surface area contributed by atoms with Crippen molar-refractivity contribution in [3.63, 3.8) is 0 Å². The van der Waals surface area contributed by atoms with Crippen molar-refractivity contribution >= 4 is 12.0 Å². The summed E-state index contributed by atoms with van der Waals surface area (Å²) in [6.07, 6.45) is 4.58. The smallest absolute Gasteiger partial charge is 0.246 e. The molecule has 0 unspecified atom stereocenters. The van der Waals surface area contributed by atoms with E-state index in [9.17, 15) is 9.18 Å². The van der Waals surface area contributed by atoms with Crippen molar-refractivity contribution in [2.45, 2.75) is 18.9 Å². The molecule has 1 aromatic rings. The monoisotopic (exact) mass is 249 g/mol. The molecule has 1 amide bonds. The maximum Gasteiger partial charge on any atom is 0.246 e. The van der Waals surface area contributed by atoms with E-state index in [1.807, 2.05) is 0 Å². The van der Waals surface area contributed by atoms with Gasteiger partial charge in [0.2, 0.25) is 5.91 Å². The van der Waals surface area contributed by atoms with Gasteiger partial charge in [-0.2, -0.15) is 0 Å². The Balaban J connectivity index is 2.05. The van der Waals surface area contributed by atoms with Crippen LogP contribution in [0.2, 0.25) is 0 Å². The lowest BCUT2D eigenvalue weighted by Crippen LogP contribution is -2.36. The van der Waals surface area contributed by atoms with Gasteiger partial charge in [-0.05, 0) is 25.0 Å². The van der Waals surface area contributed by atoms with Crippen LogP contribution in [0.25, 0.3) is 6.08 Å². The molecule has 1 aliphatic heterocycles. The van der Waals surface area contributed by atoms with Gasteiger partial charge < -0.3 is 10.0 Å². The molecule has 2 rings (SSSR count). The molecule has 1 N–H and O–H groups in total. The van der Waals surface area contributed by atoms with Crippen LogP contribution >= 0.6 is 0 Å². The summed E-state index contributed by atoms with van der Waals surface area (Å²) in [7, 11) is 0. The highest BCUT2D eigenvalue weighted by molar-refractivity contribution is 5.92. The number of carbonyl (C=O) groups is 1. The van der Waals surface area contributed by atoms with Crippen LogP contribution < -0.4 is 0 Å². The van der Waals surface area contributed by atoms with Crippen molar-refractivity contribution < 1.29 is 14.3 Å². The van der Waals surface area contributed by atoms with Crippen molar-refractivity contribution in [2.24, 2.45) is 0 Å². The van der Waals surface area contributed by atoms with Gasteiger partial charge in [-0.25, -0.2) is 4.39 Å². The molecule has 1 saturated heterocycles. The zero-order chi connectivity index (χ0) is 13.0. The third-order valence-electron chi connectivity index (χ3n) is 3.18. The van der Waals surface area contributed by atoms with Crippen LogP contribution in [0.3, 0.4) is 0 Å².